The molecule has 0 amide bonds. The Kier molecular flexibility index (Phi) is 9.48. The highest BCUT2D eigenvalue weighted by Gasteiger charge is 2.31. The summed E-state index contributed by atoms with van der Waals surface area (Å²) in [5, 5.41) is 0.234. The highest BCUT2D eigenvalue weighted by molar-refractivity contribution is 7.52. The fraction of sp³-hybridized carbons (Fsp3) is 0.500. The van der Waals surface area contributed by atoms with Gasteiger partial charge in [-0.2, -0.15) is 5.53 Å². The summed E-state index contributed by atoms with van der Waals surface area (Å²) < 4.78 is 28.4. The molecular weight excluding hydrogens is 373 g/mol. The van der Waals surface area contributed by atoms with E-state index in [-0.39, 0.29) is 48.4 Å². The number of ether oxygens (including phenoxy) is 3. The van der Waals surface area contributed by atoms with E-state index >= 15 is 0 Å². The summed E-state index contributed by atoms with van der Waals surface area (Å²) in [6.45, 7) is 0.641. The van der Waals surface area contributed by atoms with Crippen LogP contribution < -0.4 is 19.5 Å². The van der Waals surface area contributed by atoms with Crippen LogP contribution in [0.5, 0.6) is 17.2 Å². The maximum atomic E-state index is 11.9. The van der Waals surface area contributed by atoms with Gasteiger partial charge in [0.05, 0.1) is 22.5 Å². The van der Waals surface area contributed by atoms with Crippen LogP contribution in [0.25, 0.3) is 0 Å². The number of rotatable bonds is 11. The standard InChI is InChI=1S/C12H15Cl3N2O4P/c13-3-6-19-9-1-2-10(22(18)17-16)12(21-8-5-15)11(9)20-7-4-14/h1-2,16H,3-8H2/q+1. The molecule has 0 radical (unpaired) electrons. The second-order valence-corrected chi connectivity index (χ2v) is 6.09. The molecule has 0 fully saturated rings. The van der Waals surface area contributed by atoms with Gasteiger partial charge >= 0.3 is 7.95 Å². The van der Waals surface area contributed by atoms with Gasteiger partial charge in [-0.25, -0.2) is 0 Å². The van der Waals surface area contributed by atoms with E-state index in [0.717, 1.165) is 0 Å². The number of alkyl halides is 3. The van der Waals surface area contributed by atoms with Crippen molar-refractivity contribution in [3.8, 4) is 17.2 Å². The SMILES string of the molecule is N=N[P+](=O)c1ccc(OCCCl)c(OCCCl)c1OCCCl. The van der Waals surface area contributed by atoms with Gasteiger partial charge in [0.1, 0.15) is 19.8 Å². The fourth-order valence-electron chi connectivity index (χ4n) is 1.56. The minimum Gasteiger partial charge on any atom is -0.488 e. The average molecular weight is 389 g/mol. The van der Waals surface area contributed by atoms with Crippen LogP contribution in [0.1, 0.15) is 0 Å². The first kappa shape index (κ1) is 19.2. The van der Waals surface area contributed by atoms with E-state index in [0.29, 0.717) is 11.6 Å². The Bertz CT molecular complexity index is 519. The van der Waals surface area contributed by atoms with Gasteiger partial charge in [0, 0.05) is 6.07 Å². The molecule has 6 nitrogen and oxygen atoms in total. The number of benzene rings is 1. The van der Waals surface area contributed by atoms with Crippen LogP contribution in [0.4, 0.5) is 0 Å². The zero-order valence-corrected chi connectivity index (χ0v) is 14.7. The van der Waals surface area contributed by atoms with Crippen molar-refractivity contribution in [3.63, 3.8) is 0 Å². The molecular formula is C12H15Cl3N2O4P+. The summed E-state index contributed by atoms with van der Waals surface area (Å²) >= 11 is 16.9. The summed E-state index contributed by atoms with van der Waals surface area (Å²) in [4.78, 5) is 3.04. The lowest BCUT2D eigenvalue weighted by atomic mass is 10.3. The van der Waals surface area contributed by atoms with Crippen molar-refractivity contribution in [1.82, 2.24) is 0 Å². The number of nitrogens with zero attached hydrogens (tertiary/aromatic N) is 1. The van der Waals surface area contributed by atoms with Gasteiger partial charge in [-0.15, -0.1) is 34.8 Å². The smallest absolute Gasteiger partial charge is 0.488 e. The minimum absolute atomic E-state index is 0.173. The second-order valence-electron chi connectivity index (χ2n) is 3.73. The van der Waals surface area contributed by atoms with E-state index in [1.807, 2.05) is 0 Å². The van der Waals surface area contributed by atoms with Gasteiger partial charge in [-0.05, 0) is 10.6 Å². The molecule has 0 aliphatic carbocycles. The summed E-state index contributed by atoms with van der Waals surface area (Å²) in [7, 11) is -2.29. The second kappa shape index (κ2) is 10.8. The van der Waals surface area contributed by atoms with Crippen molar-refractivity contribution in [2.24, 2.45) is 4.88 Å². The first-order valence-electron chi connectivity index (χ1n) is 6.27. The predicted octanol–water partition coefficient (Wildman–Crippen LogP) is 3.94. The largest absolute Gasteiger partial charge is 0.548 e. The molecule has 0 aliphatic rings. The van der Waals surface area contributed by atoms with Crippen molar-refractivity contribution in [2.75, 3.05) is 37.5 Å². The van der Waals surface area contributed by atoms with E-state index in [4.69, 9.17) is 54.5 Å². The molecule has 1 unspecified atom stereocenters. The molecule has 1 atom stereocenters. The molecule has 22 heavy (non-hydrogen) atoms. The van der Waals surface area contributed by atoms with Crippen molar-refractivity contribution < 1.29 is 18.8 Å². The summed E-state index contributed by atoms with van der Waals surface area (Å²) in [5.74, 6) is 1.60. The molecule has 0 bridgehead atoms. The molecule has 0 heterocycles. The monoisotopic (exact) mass is 387 g/mol. The minimum atomic E-state index is -2.29. The molecule has 1 N–H and O–H groups in total. The molecule has 1 aromatic rings. The third-order valence-corrected chi connectivity index (χ3v) is 3.74. The zero-order valence-electron chi connectivity index (χ0n) is 11.6. The van der Waals surface area contributed by atoms with Gasteiger partial charge in [0.2, 0.25) is 11.5 Å². The lowest BCUT2D eigenvalue weighted by Crippen LogP contribution is -2.13. The van der Waals surface area contributed by atoms with Crippen molar-refractivity contribution in [2.45, 2.75) is 0 Å². The zero-order chi connectivity index (χ0) is 16.4. The fourth-order valence-corrected chi connectivity index (χ4v) is 2.44. The molecule has 1 aromatic carbocycles. The van der Waals surface area contributed by atoms with Gasteiger partial charge in [0.25, 0.3) is 5.30 Å². The summed E-state index contributed by atoms with van der Waals surface area (Å²) in [5.41, 5.74) is 6.94. The maximum absolute atomic E-state index is 11.9. The van der Waals surface area contributed by atoms with Crippen LogP contribution in [0.3, 0.4) is 0 Å². The van der Waals surface area contributed by atoms with E-state index in [9.17, 15) is 4.57 Å². The third-order valence-electron chi connectivity index (χ3n) is 2.33. The third kappa shape index (κ3) is 5.43. The van der Waals surface area contributed by atoms with Crippen LogP contribution in [0.15, 0.2) is 17.0 Å². The Labute approximate surface area is 144 Å². The Balaban J connectivity index is 3.29. The summed E-state index contributed by atoms with van der Waals surface area (Å²) in [6, 6.07) is 3.08. The van der Waals surface area contributed by atoms with Gasteiger partial charge in [0.15, 0.2) is 5.75 Å². The van der Waals surface area contributed by atoms with Crippen LogP contribution in [-0.4, -0.2) is 37.5 Å². The first-order chi connectivity index (χ1) is 10.7. The normalized spacial score (nSPS) is 11.0. The molecule has 0 aromatic heterocycles. The van der Waals surface area contributed by atoms with E-state index in [2.05, 4.69) is 4.88 Å². The molecule has 1 rings (SSSR count). The molecule has 0 spiro atoms. The van der Waals surface area contributed by atoms with E-state index in [1.54, 1.807) is 6.07 Å². The molecule has 0 aliphatic heterocycles. The maximum Gasteiger partial charge on any atom is 0.548 e. The number of halogens is 3. The molecule has 0 saturated carbocycles. The highest BCUT2D eigenvalue weighted by Crippen LogP contribution is 2.41. The van der Waals surface area contributed by atoms with Crippen molar-refractivity contribution >= 4 is 48.1 Å². The Hall–Kier alpha value is -0.810. The highest BCUT2D eigenvalue weighted by atomic mass is 35.5. The topological polar surface area (TPSA) is 81.0 Å². The molecule has 0 saturated heterocycles. The van der Waals surface area contributed by atoms with E-state index < -0.39 is 7.95 Å². The van der Waals surface area contributed by atoms with Gasteiger partial charge in [-0.1, -0.05) is 0 Å². The number of nitrogens with one attached hydrogen (secondary N) is 1. The first-order valence-corrected chi connectivity index (χ1v) is 9.09. The number of hydrogen-bond donors (Lipinski definition) is 1. The lowest BCUT2D eigenvalue weighted by molar-refractivity contribution is 0.264. The lowest BCUT2D eigenvalue weighted by Gasteiger charge is -2.15. The van der Waals surface area contributed by atoms with Crippen LogP contribution in [-0.2, 0) is 4.57 Å². The average Bonchev–Trinajstić information content (AvgIpc) is 2.55. The Morgan fingerprint density at radius 2 is 1.50 bits per heavy atom. The van der Waals surface area contributed by atoms with Crippen molar-refractivity contribution in [1.29, 1.82) is 5.53 Å². The number of hydrogen-bond acceptors (Lipinski definition) is 5. The van der Waals surface area contributed by atoms with Gasteiger partial charge < -0.3 is 14.2 Å². The van der Waals surface area contributed by atoms with Gasteiger partial charge in [-0.3, -0.25) is 0 Å². The Morgan fingerprint density at radius 3 is 2.05 bits per heavy atom. The quantitative estimate of drug-likeness (QED) is 0.354. The molecule has 122 valence electrons. The van der Waals surface area contributed by atoms with Crippen LogP contribution in [0, 0.1) is 5.53 Å². The van der Waals surface area contributed by atoms with Crippen molar-refractivity contribution in [3.05, 3.63) is 12.1 Å². The van der Waals surface area contributed by atoms with E-state index in [1.165, 1.54) is 6.07 Å². The summed E-state index contributed by atoms with van der Waals surface area (Å²) in [6.07, 6.45) is 0. The predicted molar refractivity (Wildman–Crippen MR) is 87.5 cm³/mol. The van der Waals surface area contributed by atoms with Crippen LogP contribution >= 0.6 is 42.8 Å². The molecule has 10 heteroatoms. The van der Waals surface area contributed by atoms with Crippen LogP contribution in [0.2, 0.25) is 0 Å². The Morgan fingerprint density at radius 1 is 0.955 bits per heavy atom.